The minimum atomic E-state index is -4.38. The molecule has 2 aromatic carbocycles. The number of benzene rings is 2. The Balaban J connectivity index is 1.40. The van der Waals surface area contributed by atoms with Crippen molar-refractivity contribution in [3.8, 4) is 5.75 Å². The number of hydrogen-bond donors (Lipinski definition) is 1. The summed E-state index contributed by atoms with van der Waals surface area (Å²) in [4.78, 5) is 13.3. The molecule has 0 fully saturated rings. The van der Waals surface area contributed by atoms with Gasteiger partial charge in [0.25, 0.3) is 0 Å². The Morgan fingerprint density at radius 1 is 1.03 bits per heavy atom. The molecular weight excluding hydrogens is 491 g/mol. The van der Waals surface area contributed by atoms with Gasteiger partial charge in [-0.25, -0.2) is 4.98 Å². The Kier molecular flexibility index (Phi) is 7.41. The molecule has 0 saturated heterocycles. The van der Waals surface area contributed by atoms with Gasteiger partial charge in [0, 0.05) is 33.7 Å². The van der Waals surface area contributed by atoms with E-state index in [1.165, 1.54) is 29.5 Å². The van der Waals surface area contributed by atoms with Crippen LogP contribution in [0.3, 0.4) is 0 Å². The maximum Gasteiger partial charge on any atom is 0.422 e. The predicted molar refractivity (Wildman–Crippen MR) is 127 cm³/mol. The average Bonchev–Trinajstić information content (AvgIpc) is 3.19. The predicted octanol–water partition coefficient (Wildman–Crippen LogP) is 7.45. The minimum absolute atomic E-state index is 0.130. The van der Waals surface area contributed by atoms with Crippen molar-refractivity contribution >= 4 is 46.2 Å². The van der Waals surface area contributed by atoms with Crippen LogP contribution in [0, 0.1) is 6.92 Å². The number of imidazole rings is 1. The third kappa shape index (κ3) is 6.59. The average molecular weight is 510 g/mol. The van der Waals surface area contributed by atoms with Crippen LogP contribution < -0.4 is 4.74 Å². The van der Waals surface area contributed by atoms with E-state index < -0.39 is 12.8 Å². The number of thioether (sulfide) groups is 2. The third-order valence-corrected chi connectivity index (χ3v) is 7.11. The first kappa shape index (κ1) is 23.8. The lowest BCUT2D eigenvalue weighted by atomic mass is 10.2. The fraction of sp³-hybridized carbons (Fsp3) is 0.217. The Morgan fingerprint density at radius 3 is 2.58 bits per heavy atom. The topological polar surface area (TPSA) is 50.8 Å². The van der Waals surface area contributed by atoms with Crippen molar-refractivity contribution in [1.29, 1.82) is 0 Å². The number of rotatable bonds is 8. The number of alkyl halides is 3. The molecule has 33 heavy (non-hydrogen) atoms. The lowest BCUT2D eigenvalue weighted by molar-refractivity contribution is -0.153. The summed E-state index contributed by atoms with van der Waals surface area (Å²) in [5.41, 5.74) is 4.54. The quantitative estimate of drug-likeness (QED) is 0.250. The van der Waals surface area contributed by atoms with Gasteiger partial charge in [0.15, 0.2) is 11.8 Å². The maximum atomic E-state index is 12.4. The Bertz CT molecular complexity index is 1250. The van der Waals surface area contributed by atoms with Gasteiger partial charge in [0.05, 0.1) is 16.7 Å². The zero-order chi connectivity index (χ0) is 23.4. The molecule has 0 amide bonds. The molecule has 10 heteroatoms. The van der Waals surface area contributed by atoms with Crippen LogP contribution in [-0.4, -0.2) is 27.7 Å². The number of H-pyrrole nitrogens is 1. The molecule has 0 atom stereocenters. The minimum Gasteiger partial charge on any atom is -0.484 e. The Labute approximate surface area is 202 Å². The van der Waals surface area contributed by atoms with Crippen molar-refractivity contribution in [2.24, 2.45) is 0 Å². The van der Waals surface area contributed by atoms with Gasteiger partial charge in [-0.2, -0.15) is 13.2 Å². The standard InChI is InChI=1S/C23H19ClF3N3OS2/c1-14-20(28-9-8-21(14)32-11-15-2-4-16(24)5-3-15)12-33-22-29-18-7-6-17(10-19(18)30-22)31-13-23(25,26)27/h2-10H,11-13H2,1H3,(H,29,30). The van der Waals surface area contributed by atoms with Crippen molar-refractivity contribution < 1.29 is 17.9 Å². The highest BCUT2D eigenvalue weighted by Crippen LogP contribution is 2.31. The number of nitrogens with one attached hydrogen (secondary N) is 1. The lowest BCUT2D eigenvalue weighted by Gasteiger charge is -2.09. The summed E-state index contributed by atoms with van der Waals surface area (Å²) in [6.07, 6.45) is -2.58. The molecule has 4 aromatic rings. The van der Waals surface area contributed by atoms with Gasteiger partial charge in [-0.15, -0.1) is 11.8 Å². The van der Waals surface area contributed by atoms with E-state index in [2.05, 4.69) is 21.9 Å². The van der Waals surface area contributed by atoms with E-state index >= 15 is 0 Å². The summed E-state index contributed by atoms with van der Waals surface area (Å²) in [6, 6.07) is 14.5. The smallest absolute Gasteiger partial charge is 0.422 e. The highest BCUT2D eigenvalue weighted by Gasteiger charge is 2.28. The van der Waals surface area contributed by atoms with Crippen LogP contribution in [0.1, 0.15) is 16.8 Å². The summed E-state index contributed by atoms with van der Waals surface area (Å²) < 4.78 is 41.9. The maximum absolute atomic E-state index is 12.4. The zero-order valence-corrected chi connectivity index (χ0v) is 19.8. The summed E-state index contributed by atoms with van der Waals surface area (Å²) in [5.74, 6) is 1.57. The van der Waals surface area contributed by atoms with Gasteiger partial charge >= 0.3 is 6.18 Å². The van der Waals surface area contributed by atoms with Gasteiger partial charge in [0.1, 0.15) is 5.75 Å². The van der Waals surface area contributed by atoms with Gasteiger partial charge in [-0.05, 0) is 48.4 Å². The van der Waals surface area contributed by atoms with Crippen LogP contribution in [0.25, 0.3) is 11.0 Å². The summed E-state index contributed by atoms with van der Waals surface area (Å²) in [6.45, 7) is 0.720. The van der Waals surface area contributed by atoms with E-state index in [0.29, 0.717) is 16.4 Å². The van der Waals surface area contributed by atoms with Gasteiger partial charge in [0.2, 0.25) is 0 Å². The highest BCUT2D eigenvalue weighted by atomic mass is 35.5. The van der Waals surface area contributed by atoms with Crippen LogP contribution in [0.2, 0.25) is 5.02 Å². The molecular formula is C23H19ClF3N3OS2. The molecule has 2 aromatic heterocycles. The summed E-state index contributed by atoms with van der Waals surface area (Å²) in [7, 11) is 0. The molecule has 0 radical (unpaired) electrons. The lowest BCUT2D eigenvalue weighted by Crippen LogP contribution is -2.19. The molecule has 0 aliphatic heterocycles. The van der Waals surface area contributed by atoms with Crippen molar-refractivity contribution in [3.63, 3.8) is 0 Å². The molecule has 172 valence electrons. The first-order valence-corrected chi connectivity index (χ1v) is 12.3. The molecule has 4 nitrogen and oxygen atoms in total. The molecule has 4 rings (SSSR count). The third-order valence-electron chi connectivity index (χ3n) is 4.75. The van der Waals surface area contributed by atoms with Gasteiger partial charge in [-0.3, -0.25) is 4.98 Å². The molecule has 0 saturated carbocycles. The van der Waals surface area contributed by atoms with E-state index in [9.17, 15) is 13.2 Å². The molecule has 2 heterocycles. The first-order valence-electron chi connectivity index (χ1n) is 9.91. The molecule has 0 unspecified atom stereocenters. The zero-order valence-electron chi connectivity index (χ0n) is 17.4. The molecule has 0 aliphatic rings. The van der Waals surface area contributed by atoms with Crippen molar-refractivity contribution in [1.82, 2.24) is 15.0 Å². The van der Waals surface area contributed by atoms with Gasteiger partial charge in [-0.1, -0.05) is 35.5 Å². The van der Waals surface area contributed by atoms with E-state index in [4.69, 9.17) is 16.3 Å². The first-order chi connectivity index (χ1) is 15.8. The van der Waals surface area contributed by atoms with Crippen molar-refractivity contribution in [2.75, 3.05) is 6.61 Å². The van der Waals surface area contributed by atoms with Crippen LogP contribution in [0.5, 0.6) is 5.75 Å². The normalized spacial score (nSPS) is 11.8. The van der Waals surface area contributed by atoms with Crippen molar-refractivity contribution in [3.05, 3.63) is 76.6 Å². The molecule has 1 N–H and O–H groups in total. The molecule has 0 bridgehead atoms. The molecule has 0 aliphatic carbocycles. The van der Waals surface area contributed by atoms with E-state index in [0.717, 1.165) is 32.4 Å². The number of halogens is 4. The van der Waals surface area contributed by atoms with Crippen LogP contribution in [0.15, 0.2) is 64.8 Å². The fourth-order valence-corrected chi connectivity index (χ4v) is 5.07. The number of fused-ring (bicyclic) bond motifs is 1. The van der Waals surface area contributed by atoms with E-state index in [1.807, 2.05) is 30.3 Å². The monoisotopic (exact) mass is 509 g/mol. The van der Waals surface area contributed by atoms with E-state index in [1.54, 1.807) is 24.0 Å². The summed E-state index contributed by atoms with van der Waals surface area (Å²) >= 11 is 9.18. The number of pyridine rings is 1. The number of nitrogens with zero attached hydrogens (tertiary/aromatic N) is 2. The second-order valence-electron chi connectivity index (χ2n) is 7.21. The van der Waals surface area contributed by atoms with Crippen LogP contribution >= 0.6 is 35.1 Å². The summed E-state index contributed by atoms with van der Waals surface area (Å²) in [5, 5.41) is 1.39. The number of aromatic amines is 1. The van der Waals surface area contributed by atoms with Crippen LogP contribution in [-0.2, 0) is 11.5 Å². The van der Waals surface area contributed by atoms with Crippen molar-refractivity contribution in [2.45, 2.75) is 34.7 Å². The van der Waals surface area contributed by atoms with Gasteiger partial charge < -0.3 is 9.72 Å². The number of aromatic nitrogens is 3. The Morgan fingerprint density at radius 2 is 1.82 bits per heavy atom. The number of ether oxygens (including phenoxy) is 1. The highest BCUT2D eigenvalue weighted by molar-refractivity contribution is 7.98. The second kappa shape index (κ2) is 10.3. The second-order valence-corrected chi connectivity index (χ2v) is 9.63. The largest absolute Gasteiger partial charge is 0.484 e. The van der Waals surface area contributed by atoms with E-state index in [-0.39, 0.29) is 5.75 Å². The molecule has 0 spiro atoms. The fourth-order valence-electron chi connectivity index (χ4n) is 3.02. The Hall–Kier alpha value is -2.36. The number of hydrogen-bond acceptors (Lipinski definition) is 5. The van der Waals surface area contributed by atoms with Crippen LogP contribution in [0.4, 0.5) is 13.2 Å². The SMILES string of the molecule is Cc1c(SCc2ccc(Cl)cc2)ccnc1CSc1nc2cc(OCC(F)(F)F)ccc2[nH]1.